The molecule has 0 saturated heterocycles. The van der Waals surface area contributed by atoms with Crippen molar-refractivity contribution < 1.29 is 49.6 Å². The molecule has 0 rings (SSSR count). The Morgan fingerprint density at radius 1 is 1.46 bits per heavy atom. The van der Waals surface area contributed by atoms with Crippen LogP contribution in [0.25, 0.3) is 0 Å². The number of rotatable bonds is 5. The van der Waals surface area contributed by atoms with Gasteiger partial charge in [-0.1, -0.05) is 0 Å². The molecule has 0 aliphatic rings. The van der Waals surface area contributed by atoms with Crippen LogP contribution in [0.15, 0.2) is 11.8 Å². The van der Waals surface area contributed by atoms with Gasteiger partial charge in [0.2, 0.25) is 0 Å². The molecule has 0 atom stereocenters. The molecular weight excluding hydrogens is 223 g/mol. The molecule has 0 aromatic heterocycles. The van der Waals surface area contributed by atoms with Crippen LogP contribution in [-0.2, 0) is 39.1 Å². The topological polar surface area (TPSA) is 102 Å². The molecule has 0 aromatic carbocycles. The van der Waals surface area contributed by atoms with E-state index in [1.807, 2.05) is 0 Å². The second-order valence-electron chi connectivity index (χ2n) is 1.76. The Bertz CT molecular complexity index is 264. The van der Waals surface area contributed by atoms with Crippen LogP contribution in [-0.4, -0.2) is 20.7 Å². The molecule has 0 saturated carbocycles. The Morgan fingerprint density at radius 2 is 2.08 bits per heavy atom. The normalized spacial score (nSPS) is 10.5. The second-order valence-corrected chi connectivity index (χ2v) is 2.68. The summed E-state index contributed by atoms with van der Waals surface area (Å²) in [6, 6.07) is 0. The van der Waals surface area contributed by atoms with Crippen molar-refractivity contribution in [3.63, 3.8) is 0 Å². The molecule has 2 N–H and O–H groups in total. The first-order valence-corrected chi connectivity index (χ1v) is 4.15. The molecule has 0 aliphatic heterocycles. The standard InChI is InChI=1S/C5H6O6.O.V/c1-4(10-11-8)2-5(6)3-9-7;;/h2,7-8H,1H3;;/b4-2+;;. The van der Waals surface area contributed by atoms with E-state index in [0.717, 1.165) is 6.08 Å². The summed E-state index contributed by atoms with van der Waals surface area (Å²) in [4.78, 5) is 18.4. The third-order valence-corrected chi connectivity index (χ3v) is 1.61. The van der Waals surface area contributed by atoms with Gasteiger partial charge in [0.15, 0.2) is 0 Å². The minimum atomic E-state index is -1.77. The van der Waals surface area contributed by atoms with Gasteiger partial charge < -0.3 is 0 Å². The Hall–Kier alpha value is -0.696. The van der Waals surface area contributed by atoms with Crippen LogP contribution >= 0.6 is 0 Å². The summed E-state index contributed by atoms with van der Waals surface area (Å²) in [6.45, 7) is 1.30. The number of hydrogen-bond acceptors (Lipinski definition) is 7. The summed E-state index contributed by atoms with van der Waals surface area (Å²) in [5.74, 6) is -0.913. The molecular formula is C5H6O7V. The van der Waals surface area contributed by atoms with Crippen LogP contribution < -0.4 is 0 Å². The van der Waals surface area contributed by atoms with Crippen LogP contribution in [0.3, 0.4) is 0 Å². The average Bonchev–Trinajstić information content (AvgIpc) is 2.06. The molecule has 0 amide bonds. The van der Waals surface area contributed by atoms with Crippen molar-refractivity contribution in [2.24, 2.45) is 0 Å². The van der Waals surface area contributed by atoms with Gasteiger partial charge in [-0.25, -0.2) is 0 Å². The van der Waals surface area contributed by atoms with Gasteiger partial charge >= 0.3 is 78.5 Å². The Labute approximate surface area is 79.1 Å². The summed E-state index contributed by atoms with van der Waals surface area (Å²) in [6.07, 6.45) is 0.829. The van der Waals surface area contributed by atoms with Gasteiger partial charge in [-0.3, -0.25) is 0 Å². The van der Waals surface area contributed by atoms with Crippen molar-refractivity contribution in [2.45, 2.75) is 6.92 Å². The van der Waals surface area contributed by atoms with Gasteiger partial charge in [-0.05, 0) is 0 Å². The van der Waals surface area contributed by atoms with Gasteiger partial charge in [-0.15, -0.1) is 0 Å². The fourth-order valence-electron chi connectivity index (χ4n) is 0.436. The number of ketones is 1. The van der Waals surface area contributed by atoms with Crippen LogP contribution in [0.2, 0.25) is 0 Å². The predicted octanol–water partition coefficient (Wildman–Crippen LogP) is -0.0720. The van der Waals surface area contributed by atoms with E-state index in [4.69, 9.17) is 10.5 Å². The maximum absolute atomic E-state index is 10.9. The van der Waals surface area contributed by atoms with E-state index in [-0.39, 0.29) is 5.76 Å². The molecule has 0 bridgehead atoms. The third-order valence-electron chi connectivity index (χ3n) is 0.883. The molecule has 13 heavy (non-hydrogen) atoms. The minimum absolute atomic E-state index is 0.0864. The van der Waals surface area contributed by atoms with Crippen molar-refractivity contribution in [1.29, 1.82) is 0 Å². The number of hydrogen-bond donors (Lipinski definition) is 2. The molecule has 0 spiro atoms. The van der Waals surface area contributed by atoms with Gasteiger partial charge in [0, 0.05) is 0 Å². The third kappa shape index (κ3) is 4.78. The summed E-state index contributed by atoms with van der Waals surface area (Å²) < 4.78 is 9.66. The number of carbonyl (C=O) groups excluding carboxylic acids is 1. The molecule has 0 radical (unpaired) electrons. The molecule has 0 aliphatic carbocycles. The molecule has 7 nitrogen and oxygen atoms in total. The van der Waals surface area contributed by atoms with Crippen LogP contribution in [0.1, 0.15) is 6.92 Å². The number of carbonyl (C=O) groups is 1. The number of allylic oxidation sites excluding steroid dienone is 1. The molecule has 0 unspecified atom stereocenters. The van der Waals surface area contributed by atoms with Gasteiger partial charge in [0.1, 0.15) is 0 Å². The van der Waals surface area contributed by atoms with E-state index in [2.05, 4.69) is 14.8 Å². The zero-order chi connectivity index (χ0) is 10.3. The molecule has 0 fully saturated rings. The molecule has 0 aromatic rings. The summed E-state index contributed by atoms with van der Waals surface area (Å²) in [5, 5.41) is 19.1. The summed E-state index contributed by atoms with van der Waals surface area (Å²) >= 11 is -1.77. The van der Waals surface area contributed by atoms with E-state index in [9.17, 15) is 8.47 Å². The quantitative estimate of drug-likeness (QED) is 0.294. The molecule has 8 heteroatoms. The fraction of sp³-hybridized carbons (Fsp3) is 0.200. The first-order valence-electron chi connectivity index (χ1n) is 2.88. The Kier molecular flexibility index (Phi) is 6.42. The van der Waals surface area contributed by atoms with Gasteiger partial charge in [0.25, 0.3) is 0 Å². The zero-order valence-corrected chi connectivity index (χ0v) is 7.86. The maximum atomic E-state index is 10.9. The zero-order valence-electron chi connectivity index (χ0n) is 6.46. The van der Waals surface area contributed by atoms with Crippen molar-refractivity contribution in [1.82, 2.24) is 0 Å². The average molecular weight is 229 g/mol. The Morgan fingerprint density at radius 3 is 2.46 bits per heavy atom. The van der Waals surface area contributed by atoms with Crippen molar-refractivity contribution >= 4 is 10.2 Å². The van der Waals surface area contributed by atoms with E-state index in [1.165, 1.54) is 6.92 Å². The van der Waals surface area contributed by atoms with Crippen molar-refractivity contribution in [3.05, 3.63) is 11.8 Å². The summed E-state index contributed by atoms with van der Waals surface area (Å²) in [7, 11) is 0. The Balaban J connectivity index is 4.45. The van der Waals surface area contributed by atoms with Crippen LogP contribution in [0, 0.1) is 0 Å². The van der Waals surface area contributed by atoms with Crippen LogP contribution in [0.5, 0.6) is 0 Å². The molecule has 73 valence electrons. The first-order chi connectivity index (χ1) is 6.15. The second kappa shape index (κ2) is 6.78. The first kappa shape index (κ1) is 12.3. The van der Waals surface area contributed by atoms with Gasteiger partial charge in [0.05, 0.1) is 0 Å². The van der Waals surface area contributed by atoms with Crippen molar-refractivity contribution in [2.75, 3.05) is 0 Å². The summed E-state index contributed by atoms with van der Waals surface area (Å²) in [5.41, 5.74) is 0. The predicted molar refractivity (Wildman–Crippen MR) is 33.0 cm³/mol. The van der Waals surface area contributed by atoms with E-state index < -0.39 is 26.0 Å². The van der Waals surface area contributed by atoms with E-state index in [0.29, 0.717) is 0 Å². The fourth-order valence-corrected chi connectivity index (χ4v) is 0.729. The van der Waals surface area contributed by atoms with E-state index in [1.54, 1.807) is 0 Å². The SMILES string of the molecule is C/C(=C\C(=O)[C](OO)=[V]=[O])OOO. The van der Waals surface area contributed by atoms with Crippen LogP contribution in [0.4, 0.5) is 0 Å². The molecule has 0 heterocycles. The van der Waals surface area contributed by atoms with Crippen molar-refractivity contribution in [3.8, 4) is 0 Å². The van der Waals surface area contributed by atoms with E-state index >= 15 is 0 Å². The monoisotopic (exact) mass is 229 g/mol. The van der Waals surface area contributed by atoms with Gasteiger partial charge in [-0.2, -0.15) is 0 Å².